The Balaban J connectivity index is 1.75. The first-order valence-electron chi connectivity index (χ1n) is 5.86. The Kier molecular flexibility index (Phi) is 4.94. The first-order valence-corrected chi connectivity index (χ1v) is 6.65. The fourth-order valence-corrected chi connectivity index (χ4v) is 1.67. The first-order chi connectivity index (χ1) is 10.0. The summed E-state index contributed by atoms with van der Waals surface area (Å²) in [5, 5.41) is 6.01. The van der Waals surface area contributed by atoms with E-state index in [1.165, 1.54) is 6.08 Å². The van der Waals surface area contributed by atoms with Gasteiger partial charge in [0.25, 0.3) is 5.91 Å². The van der Waals surface area contributed by atoms with Gasteiger partial charge in [0.05, 0.1) is 5.69 Å². The average Bonchev–Trinajstić information content (AvgIpc) is 3.03. The molecule has 0 aliphatic heterocycles. The third kappa shape index (κ3) is 4.92. The van der Waals surface area contributed by atoms with E-state index in [0.717, 1.165) is 6.08 Å². The van der Waals surface area contributed by atoms with Crippen LogP contribution in [0, 0.1) is 6.92 Å². The summed E-state index contributed by atoms with van der Waals surface area (Å²) in [6.45, 7) is 1.29. The van der Waals surface area contributed by atoms with Crippen molar-refractivity contribution in [2.45, 2.75) is 6.92 Å². The van der Waals surface area contributed by atoms with Crippen LogP contribution in [0.15, 0.2) is 37.9 Å². The highest BCUT2D eigenvalue weighted by Crippen LogP contribution is 2.15. The number of aromatic nitrogens is 1. The van der Waals surface area contributed by atoms with Crippen LogP contribution in [0.5, 0.6) is 0 Å². The minimum Gasteiger partial charge on any atom is -0.452 e. The van der Waals surface area contributed by atoms with Crippen molar-refractivity contribution in [2.24, 2.45) is 0 Å². The monoisotopic (exact) mass is 354 g/mol. The summed E-state index contributed by atoms with van der Waals surface area (Å²) < 4.78 is 15.3. The van der Waals surface area contributed by atoms with Gasteiger partial charge in [-0.2, -0.15) is 0 Å². The van der Waals surface area contributed by atoms with Crippen molar-refractivity contribution in [1.29, 1.82) is 0 Å². The number of nitrogens with zero attached hydrogens (tertiary/aromatic N) is 1. The van der Waals surface area contributed by atoms with Crippen molar-refractivity contribution in [3.8, 4) is 0 Å². The van der Waals surface area contributed by atoms with Gasteiger partial charge in [-0.3, -0.25) is 10.1 Å². The molecule has 0 aliphatic rings. The number of rotatable bonds is 5. The highest BCUT2D eigenvalue weighted by atomic mass is 79.9. The average molecular weight is 355 g/mol. The molecule has 0 radical (unpaired) electrons. The molecule has 1 N–H and O–H groups in total. The number of carbonyl (C=O) groups is 2. The van der Waals surface area contributed by atoms with Crippen molar-refractivity contribution >= 4 is 39.8 Å². The molecule has 0 unspecified atom stereocenters. The number of esters is 1. The highest BCUT2D eigenvalue weighted by Gasteiger charge is 2.08. The van der Waals surface area contributed by atoms with Crippen molar-refractivity contribution in [3.05, 3.63) is 40.4 Å². The van der Waals surface area contributed by atoms with Crippen LogP contribution in [-0.4, -0.2) is 23.6 Å². The predicted molar refractivity (Wildman–Crippen MR) is 76.3 cm³/mol. The summed E-state index contributed by atoms with van der Waals surface area (Å²) in [7, 11) is 0. The second-order valence-corrected chi connectivity index (χ2v) is 4.75. The number of aryl methyl sites for hydroxylation is 1. The van der Waals surface area contributed by atoms with Crippen LogP contribution in [0.4, 0.5) is 5.88 Å². The minimum atomic E-state index is -0.661. The summed E-state index contributed by atoms with van der Waals surface area (Å²) in [5.74, 6) is -0.495. The van der Waals surface area contributed by atoms with Crippen molar-refractivity contribution < 1.29 is 23.3 Å². The Morgan fingerprint density at radius 3 is 2.90 bits per heavy atom. The van der Waals surface area contributed by atoms with Crippen LogP contribution in [0.3, 0.4) is 0 Å². The molecule has 2 rings (SSSR count). The van der Waals surface area contributed by atoms with Gasteiger partial charge in [0.15, 0.2) is 11.3 Å². The molecule has 21 heavy (non-hydrogen) atoms. The SMILES string of the molecule is Cc1cc(NC(=O)COC(=O)C=Cc2ccc(Br)o2)on1. The maximum atomic E-state index is 11.5. The van der Waals surface area contributed by atoms with Gasteiger partial charge in [-0.05, 0) is 41.1 Å². The topological polar surface area (TPSA) is 94.6 Å². The van der Waals surface area contributed by atoms with E-state index in [4.69, 9.17) is 13.7 Å². The first kappa shape index (κ1) is 15.0. The fourth-order valence-electron chi connectivity index (χ4n) is 1.35. The zero-order chi connectivity index (χ0) is 15.2. The van der Waals surface area contributed by atoms with Gasteiger partial charge in [-0.1, -0.05) is 5.16 Å². The smallest absolute Gasteiger partial charge is 0.331 e. The highest BCUT2D eigenvalue weighted by molar-refractivity contribution is 9.10. The molecule has 0 fully saturated rings. The van der Waals surface area contributed by atoms with Crippen LogP contribution in [0.1, 0.15) is 11.5 Å². The fraction of sp³-hybridized carbons (Fsp3) is 0.154. The molecule has 0 saturated heterocycles. The van der Waals surface area contributed by atoms with E-state index in [0.29, 0.717) is 16.1 Å². The molecule has 8 heteroatoms. The van der Waals surface area contributed by atoms with E-state index < -0.39 is 18.5 Å². The summed E-state index contributed by atoms with van der Waals surface area (Å²) >= 11 is 3.14. The number of halogens is 1. The Labute approximate surface area is 128 Å². The third-order valence-corrected chi connectivity index (χ3v) is 2.64. The molecule has 2 heterocycles. The molecule has 0 spiro atoms. The zero-order valence-electron chi connectivity index (χ0n) is 11.0. The third-order valence-electron chi connectivity index (χ3n) is 2.21. The molecule has 0 atom stereocenters. The number of ether oxygens (including phenoxy) is 1. The molecule has 0 aliphatic carbocycles. The Morgan fingerprint density at radius 2 is 2.29 bits per heavy atom. The quantitative estimate of drug-likeness (QED) is 0.654. The summed E-state index contributed by atoms with van der Waals surface area (Å²) in [6, 6.07) is 4.92. The summed E-state index contributed by atoms with van der Waals surface area (Å²) in [6.07, 6.45) is 2.60. The number of hydrogen-bond donors (Lipinski definition) is 1. The van der Waals surface area contributed by atoms with Crippen molar-refractivity contribution in [3.63, 3.8) is 0 Å². The molecular formula is C13H11BrN2O5. The van der Waals surface area contributed by atoms with Crippen LogP contribution in [0.2, 0.25) is 0 Å². The standard InChI is InChI=1S/C13H11BrN2O5/c1-8-6-12(21-16-8)15-11(17)7-19-13(18)5-3-9-2-4-10(14)20-9/h2-6H,7H2,1H3,(H,15,17). The summed E-state index contributed by atoms with van der Waals surface area (Å²) in [5.41, 5.74) is 0.634. The normalized spacial score (nSPS) is 10.8. The maximum Gasteiger partial charge on any atom is 0.331 e. The van der Waals surface area contributed by atoms with E-state index in [1.807, 2.05) is 0 Å². The Morgan fingerprint density at radius 1 is 1.48 bits per heavy atom. The van der Waals surface area contributed by atoms with Crippen molar-refractivity contribution in [2.75, 3.05) is 11.9 Å². The zero-order valence-corrected chi connectivity index (χ0v) is 12.5. The van der Waals surface area contributed by atoms with Gasteiger partial charge in [-0.15, -0.1) is 0 Å². The molecule has 2 aromatic heterocycles. The second kappa shape index (κ2) is 6.89. The van der Waals surface area contributed by atoms with Crippen molar-refractivity contribution in [1.82, 2.24) is 5.16 Å². The molecule has 110 valence electrons. The number of carbonyl (C=O) groups excluding carboxylic acids is 2. The van der Waals surface area contributed by atoms with Crippen LogP contribution < -0.4 is 5.32 Å². The lowest BCUT2D eigenvalue weighted by atomic mass is 10.4. The molecule has 0 aromatic carbocycles. The number of amides is 1. The molecule has 0 saturated carbocycles. The van der Waals surface area contributed by atoms with Crippen LogP contribution in [0.25, 0.3) is 6.08 Å². The van der Waals surface area contributed by atoms with Gasteiger partial charge in [0.1, 0.15) is 5.76 Å². The maximum absolute atomic E-state index is 11.5. The number of anilines is 1. The molecule has 0 bridgehead atoms. The number of hydrogen-bond acceptors (Lipinski definition) is 6. The van der Waals surface area contributed by atoms with Crippen LogP contribution >= 0.6 is 15.9 Å². The van der Waals surface area contributed by atoms with E-state index in [1.54, 1.807) is 25.1 Å². The van der Waals surface area contributed by atoms with Crippen LogP contribution in [-0.2, 0) is 14.3 Å². The molecule has 1 amide bonds. The van der Waals surface area contributed by atoms with E-state index in [9.17, 15) is 9.59 Å². The molecule has 2 aromatic rings. The number of nitrogens with one attached hydrogen (secondary N) is 1. The van der Waals surface area contributed by atoms with Gasteiger partial charge in [-0.25, -0.2) is 4.79 Å². The van der Waals surface area contributed by atoms with Gasteiger partial charge in [0, 0.05) is 12.1 Å². The van der Waals surface area contributed by atoms with E-state index in [-0.39, 0.29) is 5.88 Å². The Hall–Kier alpha value is -2.35. The second-order valence-electron chi connectivity index (χ2n) is 3.96. The number of furan rings is 1. The van der Waals surface area contributed by atoms with Gasteiger partial charge >= 0.3 is 5.97 Å². The minimum absolute atomic E-state index is 0.199. The predicted octanol–water partition coefficient (Wildman–Crippen LogP) is 2.53. The Bertz CT molecular complexity index is 674. The molecular weight excluding hydrogens is 344 g/mol. The molecule has 7 nitrogen and oxygen atoms in total. The van der Waals surface area contributed by atoms with Gasteiger partial charge < -0.3 is 13.7 Å². The summed E-state index contributed by atoms with van der Waals surface area (Å²) in [4.78, 5) is 22.9. The lowest BCUT2D eigenvalue weighted by molar-refractivity contribution is -0.142. The lowest BCUT2D eigenvalue weighted by Crippen LogP contribution is -2.19. The van der Waals surface area contributed by atoms with Gasteiger partial charge in [0.2, 0.25) is 5.88 Å². The largest absolute Gasteiger partial charge is 0.452 e. The lowest BCUT2D eigenvalue weighted by Gasteiger charge is -2.01. The van der Waals surface area contributed by atoms with E-state index in [2.05, 4.69) is 26.4 Å². The van der Waals surface area contributed by atoms with E-state index >= 15 is 0 Å².